The zero-order valence-corrected chi connectivity index (χ0v) is 9.82. The van der Waals surface area contributed by atoms with Crippen molar-refractivity contribution in [1.29, 1.82) is 0 Å². The molecule has 0 fully saturated rings. The van der Waals surface area contributed by atoms with Gasteiger partial charge >= 0.3 is 0 Å². The predicted octanol–water partition coefficient (Wildman–Crippen LogP) is 1.25. The van der Waals surface area contributed by atoms with Gasteiger partial charge in [-0.2, -0.15) is 5.10 Å². The Morgan fingerprint density at radius 1 is 1.47 bits per heavy atom. The average Bonchev–Trinajstić information content (AvgIpc) is 2.55. The van der Waals surface area contributed by atoms with E-state index >= 15 is 0 Å². The number of rotatable bonds is 2. The number of hydrogen-bond acceptors (Lipinski definition) is 3. The normalized spacial score (nSPS) is 17.1. The van der Waals surface area contributed by atoms with Crippen molar-refractivity contribution in [3.8, 4) is 0 Å². The van der Waals surface area contributed by atoms with Crippen LogP contribution >= 0.6 is 0 Å². The fourth-order valence-corrected chi connectivity index (χ4v) is 2.23. The molecule has 0 saturated carbocycles. The molecule has 2 N–H and O–H groups in total. The van der Waals surface area contributed by atoms with Gasteiger partial charge in [-0.3, -0.25) is 9.58 Å². The van der Waals surface area contributed by atoms with Crippen LogP contribution in [0.15, 0.2) is 0 Å². The van der Waals surface area contributed by atoms with Crippen LogP contribution in [0.2, 0.25) is 0 Å². The van der Waals surface area contributed by atoms with Crippen molar-refractivity contribution in [2.45, 2.75) is 46.3 Å². The number of anilines is 1. The van der Waals surface area contributed by atoms with E-state index in [9.17, 15) is 0 Å². The number of aromatic nitrogens is 2. The molecule has 0 amide bonds. The van der Waals surface area contributed by atoms with Gasteiger partial charge in [0, 0.05) is 31.2 Å². The summed E-state index contributed by atoms with van der Waals surface area (Å²) >= 11 is 0. The lowest BCUT2D eigenvalue weighted by Crippen LogP contribution is -2.36. The van der Waals surface area contributed by atoms with Crippen LogP contribution in [0.5, 0.6) is 0 Å². The van der Waals surface area contributed by atoms with Crippen molar-refractivity contribution in [3.63, 3.8) is 0 Å². The van der Waals surface area contributed by atoms with E-state index in [1.54, 1.807) is 0 Å². The van der Waals surface area contributed by atoms with Gasteiger partial charge in [0.2, 0.25) is 0 Å². The molecule has 1 aromatic heterocycles. The molecule has 4 nitrogen and oxygen atoms in total. The molecule has 4 heteroatoms. The highest BCUT2D eigenvalue weighted by molar-refractivity contribution is 5.44. The van der Waals surface area contributed by atoms with E-state index in [-0.39, 0.29) is 0 Å². The van der Waals surface area contributed by atoms with Crippen molar-refractivity contribution >= 4 is 5.82 Å². The molecule has 0 unspecified atom stereocenters. The van der Waals surface area contributed by atoms with Gasteiger partial charge in [0.15, 0.2) is 0 Å². The van der Waals surface area contributed by atoms with E-state index in [4.69, 9.17) is 5.73 Å². The molecule has 0 aliphatic carbocycles. The zero-order valence-electron chi connectivity index (χ0n) is 9.82. The first-order valence-electron chi connectivity index (χ1n) is 5.71. The van der Waals surface area contributed by atoms with Gasteiger partial charge < -0.3 is 5.73 Å². The van der Waals surface area contributed by atoms with Gasteiger partial charge in [-0.1, -0.05) is 0 Å². The smallest absolute Gasteiger partial charge is 0.149 e. The summed E-state index contributed by atoms with van der Waals surface area (Å²) in [6.07, 6.45) is 1.04. The Morgan fingerprint density at radius 2 is 2.20 bits per heavy atom. The maximum Gasteiger partial charge on any atom is 0.149 e. The number of nitrogen functional groups attached to an aromatic ring is 1. The maximum absolute atomic E-state index is 5.91. The second-order valence-corrected chi connectivity index (χ2v) is 4.44. The standard InChI is InChI=1S/C11H20N4/c1-4-15-10-7-14(8(2)3)6-5-9(10)11(12)13-15/h8H,4-7H2,1-3H3,(H2,12,13). The zero-order chi connectivity index (χ0) is 11.0. The molecular formula is C11H20N4. The van der Waals surface area contributed by atoms with E-state index in [0.29, 0.717) is 6.04 Å². The van der Waals surface area contributed by atoms with Gasteiger partial charge in [-0.25, -0.2) is 0 Å². The molecule has 15 heavy (non-hydrogen) atoms. The van der Waals surface area contributed by atoms with Gasteiger partial charge in [0.25, 0.3) is 0 Å². The maximum atomic E-state index is 5.91. The van der Waals surface area contributed by atoms with Crippen LogP contribution < -0.4 is 5.73 Å². The summed E-state index contributed by atoms with van der Waals surface area (Å²) in [4.78, 5) is 2.47. The highest BCUT2D eigenvalue weighted by atomic mass is 15.3. The molecule has 0 atom stereocenters. The lowest BCUT2D eigenvalue weighted by Gasteiger charge is -2.30. The molecule has 0 bridgehead atoms. The second kappa shape index (κ2) is 3.85. The Balaban J connectivity index is 2.31. The minimum Gasteiger partial charge on any atom is -0.382 e. The lowest BCUT2D eigenvalue weighted by molar-refractivity contribution is 0.197. The van der Waals surface area contributed by atoms with Crippen molar-refractivity contribution in [2.75, 3.05) is 12.3 Å². The van der Waals surface area contributed by atoms with Crippen LogP contribution in [0.3, 0.4) is 0 Å². The first-order valence-corrected chi connectivity index (χ1v) is 5.71. The van der Waals surface area contributed by atoms with E-state index in [1.807, 2.05) is 4.68 Å². The SMILES string of the molecule is CCn1nc(N)c2c1CN(C(C)C)CC2. The van der Waals surface area contributed by atoms with Crippen molar-refractivity contribution < 1.29 is 0 Å². The van der Waals surface area contributed by atoms with E-state index in [1.165, 1.54) is 11.3 Å². The Morgan fingerprint density at radius 3 is 2.80 bits per heavy atom. The highest BCUT2D eigenvalue weighted by Crippen LogP contribution is 2.24. The van der Waals surface area contributed by atoms with E-state index in [0.717, 1.165) is 31.9 Å². The van der Waals surface area contributed by atoms with Crippen LogP contribution in [-0.2, 0) is 19.5 Å². The molecule has 0 radical (unpaired) electrons. The number of aryl methyl sites for hydroxylation is 1. The molecule has 84 valence electrons. The van der Waals surface area contributed by atoms with Gasteiger partial charge in [0.05, 0.1) is 5.69 Å². The number of nitrogens with two attached hydrogens (primary N) is 1. The number of hydrogen-bond donors (Lipinski definition) is 1. The molecule has 1 aliphatic rings. The Kier molecular flexibility index (Phi) is 2.69. The molecule has 2 heterocycles. The molecule has 2 rings (SSSR count). The predicted molar refractivity (Wildman–Crippen MR) is 61.6 cm³/mol. The van der Waals surface area contributed by atoms with Crippen LogP contribution in [-0.4, -0.2) is 27.3 Å². The fraction of sp³-hybridized carbons (Fsp3) is 0.727. The Bertz CT molecular complexity index is 354. The van der Waals surface area contributed by atoms with Crippen molar-refractivity contribution in [2.24, 2.45) is 0 Å². The second-order valence-electron chi connectivity index (χ2n) is 4.44. The first-order chi connectivity index (χ1) is 7.13. The third-order valence-corrected chi connectivity index (χ3v) is 3.23. The Hall–Kier alpha value is -1.03. The average molecular weight is 208 g/mol. The van der Waals surface area contributed by atoms with Crippen molar-refractivity contribution in [3.05, 3.63) is 11.3 Å². The fourth-order valence-electron chi connectivity index (χ4n) is 2.23. The highest BCUT2D eigenvalue weighted by Gasteiger charge is 2.24. The number of nitrogens with zero attached hydrogens (tertiary/aromatic N) is 3. The van der Waals surface area contributed by atoms with Crippen LogP contribution in [0.1, 0.15) is 32.0 Å². The summed E-state index contributed by atoms with van der Waals surface area (Å²) in [7, 11) is 0. The topological polar surface area (TPSA) is 47.1 Å². The largest absolute Gasteiger partial charge is 0.382 e. The number of fused-ring (bicyclic) bond motifs is 1. The van der Waals surface area contributed by atoms with Gasteiger partial charge in [-0.05, 0) is 27.2 Å². The molecule has 1 aromatic rings. The molecule has 0 spiro atoms. The first kappa shape index (κ1) is 10.5. The third-order valence-electron chi connectivity index (χ3n) is 3.23. The van der Waals surface area contributed by atoms with E-state index in [2.05, 4.69) is 30.8 Å². The molecular weight excluding hydrogens is 188 g/mol. The van der Waals surface area contributed by atoms with Crippen LogP contribution in [0.4, 0.5) is 5.82 Å². The third kappa shape index (κ3) is 1.74. The summed E-state index contributed by atoms with van der Waals surface area (Å²) in [5.74, 6) is 0.732. The van der Waals surface area contributed by atoms with Crippen LogP contribution in [0, 0.1) is 0 Å². The van der Waals surface area contributed by atoms with Gasteiger partial charge in [-0.15, -0.1) is 0 Å². The van der Waals surface area contributed by atoms with Crippen molar-refractivity contribution in [1.82, 2.24) is 14.7 Å². The molecule has 0 aromatic carbocycles. The minimum absolute atomic E-state index is 0.597. The van der Waals surface area contributed by atoms with Gasteiger partial charge in [0.1, 0.15) is 5.82 Å². The summed E-state index contributed by atoms with van der Waals surface area (Å²) in [5.41, 5.74) is 8.50. The summed E-state index contributed by atoms with van der Waals surface area (Å²) < 4.78 is 2.04. The lowest BCUT2D eigenvalue weighted by atomic mass is 10.1. The Labute approximate surface area is 91.1 Å². The van der Waals surface area contributed by atoms with E-state index < -0.39 is 0 Å². The quantitative estimate of drug-likeness (QED) is 0.795. The molecule has 0 saturated heterocycles. The summed E-state index contributed by atoms with van der Waals surface area (Å²) in [6, 6.07) is 0.597. The summed E-state index contributed by atoms with van der Waals surface area (Å²) in [6.45, 7) is 9.59. The van der Waals surface area contributed by atoms with Crippen LogP contribution in [0.25, 0.3) is 0 Å². The monoisotopic (exact) mass is 208 g/mol. The molecule has 1 aliphatic heterocycles. The summed E-state index contributed by atoms with van der Waals surface area (Å²) in [5, 5.41) is 4.37. The minimum atomic E-state index is 0.597.